The van der Waals surface area contributed by atoms with Crippen molar-refractivity contribution < 1.29 is 19.8 Å². The normalized spacial score (nSPS) is 10.4. The topological polar surface area (TPSA) is 104 Å². The van der Waals surface area contributed by atoms with Gasteiger partial charge in [-0.15, -0.1) is 0 Å². The fourth-order valence-electron chi connectivity index (χ4n) is 0.832. The third-order valence-corrected chi connectivity index (χ3v) is 1.44. The highest BCUT2D eigenvalue weighted by molar-refractivity contribution is 5.95. The molecule has 0 bridgehead atoms. The number of nitrogens with two attached hydrogens (primary N) is 1. The number of nitrogens with zero attached hydrogens (tertiary/aromatic N) is 1. The first-order valence-corrected chi connectivity index (χ1v) is 4.10. The van der Waals surface area contributed by atoms with Crippen LogP contribution in [0, 0.1) is 0 Å². The van der Waals surface area contributed by atoms with Crippen LogP contribution in [0.1, 0.15) is 0 Å². The fourth-order valence-corrected chi connectivity index (χ4v) is 0.832. The van der Waals surface area contributed by atoms with E-state index in [0.717, 1.165) is 12.2 Å². The molecular weight excluding hydrogens is 188 g/mol. The van der Waals surface area contributed by atoms with E-state index in [1.54, 1.807) is 0 Å². The Kier molecular flexibility index (Phi) is 6.34. The predicted molar refractivity (Wildman–Crippen MR) is 49.1 cm³/mol. The lowest BCUT2D eigenvalue weighted by atomic mass is 10.4. The zero-order valence-electron chi connectivity index (χ0n) is 7.72. The molecule has 2 amide bonds. The molecule has 0 radical (unpaired) electrons. The van der Waals surface area contributed by atoms with Crippen LogP contribution in [0.3, 0.4) is 0 Å². The largest absolute Gasteiger partial charge is 0.395 e. The smallest absolute Gasteiger partial charge is 0.246 e. The van der Waals surface area contributed by atoms with E-state index in [-0.39, 0.29) is 26.3 Å². The van der Waals surface area contributed by atoms with Crippen LogP contribution in [0.4, 0.5) is 0 Å². The summed E-state index contributed by atoms with van der Waals surface area (Å²) in [6.07, 6.45) is 1.94. The Morgan fingerprint density at radius 3 is 2.00 bits per heavy atom. The van der Waals surface area contributed by atoms with Crippen molar-refractivity contribution in [1.82, 2.24) is 4.90 Å². The number of aliphatic hydroxyl groups is 2. The number of aliphatic hydroxyl groups excluding tert-OH is 2. The van der Waals surface area contributed by atoms with E-state index in [1.165, 1.54) is 4.90 Å². The second-order valence-electron chi connectivity index (χ2n) is 2.51. The maximum atomic E-state index is 11.2. The number of rotatable bonds is 6. The summed E-state index contributed by atoms with van der Waals surface area (Å²) in [6, 6.07) is 0. The highest BCUT2D eigenvalue weighted by Crippen LogP contribution is 1.90. The van der Waals surface area contributed by atoms with Crippen molar-refractivity contribution >= 4 is 11.8 Å². The lowest BCUT2D eigenvalue weighted by Crippen LogP contribution is -2.34. The molecule has 0 unspecified atom stereocenters. The van der Waals surface area contributed by atoms with E-state index in [2.05, 4.69) is 0 Å². The van der Waals surface area contributed by atoms with Gasteiger partial charge in [-0.3, -0.25) is 9.59 Å². The van der Waals surface area contributed by atoms with E-state index in [4.69, 9.17) is 15.9 Å². The van der Waals surface area contributed by atoms with E-state index in [0.29, 0.717) is 0 Å². The number of primary amides is 1. The maximum Gasteiger partial charge on any atom is 0.246 e. The second-order valence-corrected chi connectivity index (χ2v) is 2.51. The molecule has 14 heavy (non-hydrogen) atoms. The molecule has 0 saturated carbocycles. The quantitative estimate of drug-likeness (QED) is 0.427. The van der Waals surface area contributed by atoms with E-state index >= 15 is 0 Å². The average molecular weight is 202 g/mol. The molecule has 0 aromatic carbocycles. The Morgan fingerprint density at radius 1 is 1.14 bits per heavy atom. The molecule has 0 aliphatic heterocycles. The number of hydrogen-bond donors (Lipinski definition) is 3. The molecule has 0 aromatic heterocycles. The SMILES string of the molecule is NC(=O)C=CC(=O)N(CCO)CCO. The lowest BCUT2D eigenvalue weighted by Gasteiger charge is -2.18. The summed E-state index contributed by atoms with van der Waals surface area (Å²) in [5, 5.41) is 17.2. The molecule has 0 aliphatic carbocycles. The minimum atomic E-state index is -0.716. The molecule has 6 heteroatoms. The molecule has 6 nitrogen and oxygen atoms in total. The summed E-state index contributed by atoms with van der Waals surface area (Å²) in [5.41, 5.74) is 4.79. The van der Waals surface area contributed by atoms with Gasteiger partial charge in [0.05, 0.1) is 13.2 Å². The van der Waals surface area contributed by atoms with Gasteiger partial charge in [0.1, 0.15) is 0 Å². The molecule has 0 heterocycles. The van der Waals surface area contributed by atoms with Crippen LogP contribution < -0.4 is 5.73 Å². The van der Waals surface area contributed by atoms with Gasteiger partial charge in [0, 0.05) is 25.2 Å². The van der Waals surface area contributed by atoms with E-state index in [1.807, 2.05) is 0 Å². The highest BCUT2D eigenvalue weighted by atomic mass is 16.3. The first-order chi connectivity index (χ1) is 6.61. The van der Waals surface area contributed by atoms with Crippen molar-refractivity contribution in [2.75, 3.05) is 26.3 Å². The molecule has 0 aliphatic rings. The third kappa shape index (κ3) is 5.28. The second kappa shape index (κ2) is 7.05. The van der Waals surface area contributed by atoms with Gasteiger partial charge in [-0.1, -0.05) is 0 Å². The zero-order valence-corrected chi connectivity index (χ0v) is 7.72. The summed E-state index contributed by atoms with van der Waals surface area (Å²) in [7, 11) is 0. The molecule has 0 spiro atoms. The maximum absolute atomic E-state index is 11.2. The van der Waals surface area contributed by atoms with Gasteiger partial charge < -0.3 is 20.8 Å². The molecule has 0 fully saturated rings. The summed E-state index contributed by atoms with van der Waals surface area (Å²) < 4.78 is 0. The van der Waals surface area contributed by atoms with Crippen molar-refractivity contribution in [1.29, 1.82) is 0 Å². The molecular formula is C8H14N2O4. The van der Waals surface area contributed by atoms with Gasteiger partial charge in [-0.05, 0) is 0 Å². The van der Waals surface area contributed by atoms with Crippen molar-refractivity contribution in [2.45, 2.75) is 0 Å². The predicted octanol–water partition coefficient (Wildman–Crippen LogP) is -2.16. The van der Waals surface area contributed by atoms with E-state index in [9.17, 15) is 9.59 Å². The van der Waals surface area contributed by atoms with Gasteiger partial charge in [-0.2, -0.15) is 0 Å². The zero-order chi connectivity index (χ0) is 11.0. The van der Waals surface area contributed by atoms with Gasteiger partial charge >= 0.3 is 0 Å². The molecule has 0 rings (SSSR count). The molecule has 0 aromatic rings. The highest BCUT2D eigenvalue weighted by Gasteiger charge is 2.08. The van der Waals surface area contributed by atoms with Crippen molar-refractivity contribution in [3.05, 3.63) is 12.2 Å². The van der Waals surface area contributed by atoms with Crippen LogP contribution >= 0.6 is 0 Å². The Hall–Kier alpha value is -1.40. The number of amides is 2. The summed E-state index contributed by atoms with van der Waals surface area (Å²) in [4.78, 5) is 22.8. The van der Waals surface area contributed by atoms with Crippen molar-refractivity contribution in [3.63, 3.8) is 0 Å². The Labute approximate surface area is 81.6 Å². The number of carbonyl (C=O) groups is 2. The van der Waals surface area contributed by atoms with Crippen LogP contribution in [0.15, 0.2) is 12.2 Å². The van der Waals surface area contributed by atoms with Gasteiger partial charge in [0.2, 0.25) is 11.8 Å². The van der Waals surface area contributed by atoms with Gasteiger partial charge in [0.25, 0.3) is 0 Å². The minimum Gasteiger partial charge on any atom is -0.395 e. The van der Waals surface area contributed by atoms with Crippen molar-refractivity contribution in [2.24, 2.45) is 5.73 Å². The summed E-state index contributed by atoms with van der Waals surface area (Å²) in [5.74, 6) is -1.18. The Bertz CT molecular complexity index is 221. The average Bonchev–Trinajstić information content (AvgIpc) is 2.14. The van der Waals surface area contributed by atoms with Crippen LogP contribution in [-0.4, -0.2) is 53.2 Å². The molecule has 0 atom stereocenters. The fraction of sp³-hybridized carbons (Fsp3) is 0.500. The third-order valence-electron chi connectivity index (χ3n) is 1.44. The van der Waals surface area contributed by atoms with Crippen molar-refractivity contribution in [3.8, 4) is 0 Å². The molecule has 0 saturated heterocycles. The van der Waals surface area contributed by atoms with Crippen LogP contribution in [-0.2, 0) is 9.59 Å². The monoisotopic (exact) mass is 202 g/mol. The number of carbonyl (C=O) groups excluding carboxylic acids is 2. The first kappa shape index (κ1) is 12.6. The summed E-state index contributed by atoms with van der Waals surface area (Å²) in [6.45, 7) is -0.169. The minimum absolute atomic E-state index is 0.114. The molecule has 4 N–H and O–H groups in total. The molecule has 80 valence electrons. The first-order valence-electron chi connectivity index (χ1n) is 4.10. The standard InChI is InChI=1S/C8H14N2O4/c9-7(13)1-2-8(14)10(3-5-11)4-6-12/h1-2,11-12H,3-6H2,(H2,9,13). The van der Waals surface area contributed by atoms with Gasteiger partial charge in [0.15, 0.2) is 0 Å². The summed E-state index contributed by atoms with van der Waals surface area (Å²) >= 11 is 0. The van der Waals surface area contributed by atoms with Crippen LogP contribution in [0.25, 0.3) is 0 Å². The van der Waals surface area contributed by atoms with Crippen LogP contribution in [0.5, 0.6) is 0 Å². The van der Waals surface area contributed by atoms with E-state index < -0.39 is 11.8 Å². The van der Waals surface area contributed by atoms with Crippen LogP contribution in [0.2, 0.25) is 0 Å². The van der Waals surface area contributed by atoms with Gasteiger partial charge in [-0.25, -0.2) is 0 Å². The Balaban J connectivity index is 4.20. The lowest BCUT2D eigenvalue weighted by molar-refractivity contribution is -0.127. The Morgan fingerprint density at radius 2 is 1.64 bits per heavy atom. The number of hydrogen-bond acceptors (Lipinski definition) is 4.